The number of para-hydroxylation sites is 1. The SMILES string of the molecule is NC12CC3C[C@H](C1)C(NC(=O)c1ccc(Cc4cn(-c5ccccc5)c5ncccc5c4=O)cc1)[C@@H](C3)C2. The van der Waals surface area contributed by atoms with Crippen LogP contribution in [0.4, 0.5) is 0 Å². The Bertz CT molecular complexity index is 1560. The molecule has 4 fully saturated rings. The molecule has 8 rings (SSSR count). The van der Waals surface area contributed by atoms with Crippen LogP contribution >= 0.6 is 0 Å². The molecule has 6 heteroatoms. The second-order valence-corrected chi connectivity index (χ2v) is 11.8. The predicted molar refractivity (Wildman–Crippen MR) is 148 cm³/mol. The van der Waals surface area contributed by atoms with Gasteiger partial charge in [0.25, 0.3) is 5.91 Å². The summed E-state index contributed by atoms with van der Waals surface area (Å²) in [6.07, 6.45) is 9.70. The van der Waals surface area contributed by atoms with Crippen molar-refractivity contribution in [2.75, 3.05) is 0 Å². The van der Waals surface area contributed by atoms with Gasteiger partial charge in [-0.25, -0.2) is 4.98 Å². The van der Waals surface area contributed by atoms with Gasteiger partial charge in [0.2, 0.25) is 0 Å². The van der Waals surface area contributed by atoms with Crippen LogP contribution in [0.5, 0.6) is 0 Å². The number of hydrogen-bond acceptors (Lipinski definition) is 4. The van der Waals surface area contributed by atoms with Crippen molar-refractivity contribution in [3.05, 3.63) is 106 Å². The number of carbonyl (C=O) groups is 1. The molecule has 38 heavy (non-hydrogen) atoms. The first-order valence-electron chi connectivity index (χ1n) is 13.7. The predicted octanol–water partition coefficient (Wildman–Crippen LogP) is 4.61. The smallest absolute Gasteiger partial charge is 0.251 e. The first-order valence-corrected chi connectivity index (χ1v) is 13.7. The number of pyridine rings is 2. The fourth-order valence-electron chi connectivity index (χ4n) is 7.68. The number of nitrogens with zero attached hydrogens (tertiary/aromatic N) is 2. The molecule has 4 aliphatic rings. The monoisotopic (exact) mass is 504 g/mol. The highest BCUT2D eigenvalue weighted by Gasteiger charge is 2.54. The molecule has 6 nitrogen and oxygen atoms in total. The summed E-state index contributed by atoms with van der Waals surface area (Å²) in [6, 6.07) is 21.5. The lowest BCUT2D eigenvalue weighted by molar-refractivity contribution is -0.0278. The number of amides is 1. The van der Waals surface area contributed by atoms with Crippen molar-refractivity contribution in [2.24, 2.45) is 23.5 Å². The molecular formula is C32H32N4O2. The van der Waals surface area contributed by atoms with Crippen LogP contribution in [0, 0.1) is 17.8 Å². The second-order valence-electron chi connectivity index (χ2n) is 11.8. The molecule has 4 aromatic rings. The molecule has 0 radical (unpaired) electrons. The van der Waals surface area contributed by atoms with Crippen molar-refractivity contribution in [1.82, 2.24) is 14.9 Å². The van der Waals surface area contributed by atoms with Gasteiger partial charge in [-0.15, -0.1) is 0 Å². The molecule has 4 saturated carbocycles. The molecule has 2 heterocycles. The van der Waals surface area contributed by atoms with Gasteiger partial charge in [0.15, 0.2) is 5.43 Å². The largest absolute Gasteiger partial charge is 0.349 e. The van der Waals surface area contributed by atoms with Gasteiger partial charge in [-0.3, -0.25) is 9.59 Å². The Balaban J connectivity index is 1.12. The lowest BCUT2D eigenvalue weighted by atomic mass is 9.51. The minimum absolute atomic E-state index is 0.00270. The lowest BCUT2D eigenvalue weighted by Crippen LogP contribution is -2.64. The Morgan fingerprint density at radius 2 is 1.71 bits per heavy atom. The fraction of sp³-hybridized carbons (Fsp3) is 0.344. The molecule has 0 saturated heterocycles. The van der Waals surface area contributed by atoms with E-state index in [0.29, 0.717) is 40.4 Å². The van der Waals surface area contributed by atoms with Crippen molar-refractivity contribution in [2.45, 2.75) is 50.1 Å². The maximum absolute atomic E-state index is 13.3. The van der Waals surface area contributed by atoms with E-state index >= 15 is 0 Å². The average Bonchev–Trinajstić information content (AvgIpc) is 2.92. The maximum Gasteiger partial charge on any atom is 0.251 e. The van der Waals surface area contributed by atoms with Gasteiger partial charge in [0.05, 0.1) is 5.39 Å². The fourth-order valence-corrected chi connectivity index (χ4v) is 7.68. The molecule has 3 N–H and O–H groups in total. The van der Waals surface area contributed by atoms with Gasteiger partial charge in [-0.05, 0) is 91.8 Å². The molecule has 1 amide bonds. The third-order valence-electron chi connectivity index (χ3n) is 9.10. The van der Waals surface area contributed by atoms with Gasteiger partial charge >= 0.3 is 0 Å². The summed E-state index contributed by atoms with van der Waals surface area (Å²) >= 11 is 0. The normalized spacial score (nSPS) is 27.5. The number of rotatable bonds is 5. The average molecular weight is 505 g/mol. The number of hydrogen-bond donors (Lipinski definition) is 2. The van der Waals surface area contributed by atoms with Crippen LogP contribution in [-0.2, 0) is 6.42 Å². The Kier molecular flexibility index (Phi) is 5.48. The number of fused-ring (bicyclic) bond motifs is 1. The van der Waals surface area contributed by atoms with Crippen molar-refractivity contribution < 1.29 is 4.79 Å². The second kappa shape index (κ2) is 8.91. The van der Waals surface area contributed by atoms with E-state index in [2.05, 4.69) is 10.3 Å². The topological polar surface area (TPSA) is 90.0 Å². The van der Waals surface area contributed by atoms with E-state index in [-0.39, 0.29) is 22.9 Å². The third kappa shape index (κ3) is 4.04. The minimum atomic E-state index is -0.0123. The van der Waals surface area contributed by atoms with E-state index in [9.17, 15) is 9.59 Å². The standard InChI is InChI=1S/C32H32N4O2/c33-32-16-21-14-23(17-32)28(24(15-21)18-32)35-31(38)22-10-8-20(9-11-22)13-25-19-36(26-5-2-1-3-6-26)30-27(29(25)37)7-4-12-34-30/h1-12,19,21,23-24,28H,13-18,33H2,(H,35,38)/t21?,23-,24+,28?,32?. The van der Waals surface area contributed by atoms with Crippen molar-refractivity contribution in [3.8, 4) is 5.69 Å². The quantitative estimate of drug-likeness (QED) is 0.415. The van der Waals surface area contributed by atoms with Crippen molar-refractivity contribution in [1.29, 1.82) is 0 Å². The van der Waals surface area contributed by atoms with E-state index in [0.717, 1.165) is 36.4 Å². The minimum Gasteiger partial charge on any atom is -0.349 e. The Morgan fingerprint density at radius 1 is 0.974 bits per heavy atom. The van der Waals surface area contributed by atoms with Gasteiger partial charge in [-0.2, -0.15) is 0 Å². The highest BCUT2D eigenvalue weighted by atomic mass is 16.1. The van der Waals surface area contributed by atoms with Gasteiger partial charge in [0.1, 0.15) is 5.65 Å². The Morgan fingerprint density at radius 3 is 2.42 bits per heavy atom. The van der Waals surface area contributed by atoms with E-state index in [1.165, 1.54) is 12.8 Å². The number of aromatic nitrogens is 2. The number of nitrogens with two attached hydrogens (primary N) is 1. The molecular weight excluding hydrogens is 472 g/mol. The zero-order valence-corrected chi connectivity index (χ0v) is 21.3. The highest BCUT2D eigenvalue weighted by Crippen LogP contribution is 2.54. The zero-order valence-electron chi connectivity index (χ0n) is 21.3. The Labute approximate surface area is 221 Å². The van der Waals surface area contributed by atoms with E-state index < -0.39 is 0 Å². The van der Waals surface area contributed by atoms with Crippen molar-refractivity contribution >= 4 is 16.9 Å². The first kappa shape index (κ1) is 23.4. The number of benzene rings is 2. The van der Waals surface area contributed by atoms with Gasteiger partial charge in [0, 0.05) is 47.2 Å². The molecule has 4 bridgehead atoms. The van der Waals surface area contributed by atoms with E-state index in [1.54, 1.807) is 12.3 Å². The molecule has 0 spiro atoms. The number of nitrogens with one attached hydrogen (secondary N) is 1. The zero-order chi connectivity index (χ0) is 25.9. The summed E-state index contributed by atoms with van der Waals surface area (Å²) in [7, 11) is 0. The van der Waals surface area contributed by atoms with Gasteiger partial charge in [-0.1, -0.05) is 30.3 Å². The molecule has 192 valence electrons. The Hall–Kier alpha value is -3.77. The summed E-state index contributed by atoms with van der Waals surface area (Å²) in [5.41, 5.74) is 10.6. The molecule has 3 unspecified atom stereocenters. The van der Waals surface area contributed by atoms with Crippen LogP contribution in [0.2, 0.25) is 0 Å². The molecule has 0 aliphatic heterocycles. The molecule has 2 aromatic heterocycles. The van der Waals surface area contributed by atoms with Gasteiger partial charge < -0.3 is 15.6 Å². The van der Waals surface area contributed by atoms with Crippen molar-refractivity contribution in [3.63, 3.8) is 0 Å². The molecule has 2 aromatic carbocycles. The van der Waals surface area contributed by atoms with E-state index in [4.69, 9.17) is 5.73 Å². The maximum atomic E-state index is 13.3. The summed E-state index contributed by atoms with van der Waals surface area (Å²) in [5.74, 6) is 1.73. The summed E-state index contributed by atoms with van der Waals surface area (Å²) in [4.78, 5) is 31.0. The third-order valence-corrected chi connectivity index (χ3v) is 9.10. The van der Waals surface area contributed by atoms with E-state index in [1.807, 2.05) is 71.4 Å². The summed E-state index contributed by atoms with van der Waals surface area (Å²) in [5, 5.41) is 3.96. The molecule has 4 aliphatic carbocycles. The summed E-state index contributed by atoms with van der Waals surface area (Å²) in [6.45, 7) is 0. The van der Waals surface area contributed by atoms with Crippen LogP contribution < -0.4 is 16.5 Å². The van der Waals surface area contributed by atoms with Crippen LogP contribution in [-0.4, -0.2) is 27.0 Å². The first-order chi connectivity index (χ1) is 18.5. The van der Waals surface area contributed by atoms with Crippen LogP contribution in [0.1, 0.15) is 53.6 Å². The van der Waals surface area contributed by atoms with Crippen LogP contribution in [0.15, 0.2) is 83.9 Å². The summed E-state index contributed by atoms with van der Waals surface area (Å²) < 4.78 is 1.98. The van der Waals surface area contributed by atoms with Crippen LogP contribution in [0.3, 0.4) is 0 Å². The van der Waals surface area contributed by atoms with Crippen LogP contribution in [0.25, 0.3) is 16.7 Å². The lowest BCUT2D eigenvalue weighted by Gasteiger charge is -2.58. The number of carbonyl (C=O) groups excluding carboxylic acids is 1. The highest BCUT2D eigenvalue weighted by molar-refractivity contribution is 5.94. The molecule has 5 atom stereocenters.